The van der Waals surface area contributed by atoms with Crippen molar-refractivity contribution in [2.24, 2.45) is 5.92 Å². The molecule has 3 heteroatoms. The number of nitrogens with zero attached hydrogens (tertiary/aromatic N) is 1. The smallest absolute Gasteiger partial charge is 0.0172 e. The summed E-state index contributed by atoms with van der Waals surface area (Å²) in [6, 6.07) is 0.736. The predicted molar refractivity (Wildman–Crippen MR) is 73.2 cm³/mol. The molecule has 94 valence electrons. The molecule has 0 radical (unpaired) electrons. The third-order valence-electron chi connectivity index (χ3n) is 3.93. The zero-order valence-electron chi connectivity index (χ0n) is 10.7. The Hall–Kier alpha value is 0.270. The molecule has 2 nitrogen and oxygen atoms in total. The highest BCUT2D eigenvalue weighted by Crippen LogP contribution is 2.24. The van der Waals surface area contributed by atoms with Gasteiger partial charge in [-0.1, -0.05) is 6.92 Å². The summed E-state index contributed by atoms with van der Waals surface area (Å²) in [6.07, 6.45) is 4.09. The van der Waals surface area contributed by atoms with E-state index in [2.05, 4.69) is 35.8 Å². The Morgan fingerprint density at radius 1 is 1.44 bits per heavy atom. The summed E-state index contributed by atoms with van der Waals surface area (Å²) in [7, 11) is 0. The molecular formula is C13H26N2S. The second kappa shape index (κ2) is 6.27. The summed E-state index contributed by atoms with van der Waals surface area (Å²) in [5.74, 6) is 2.29. The van der Waals surface area contributed by atoms with Crippen molar-refractivity contribution in [3.8, 4) is 0 Å². The number of thioether (sulfide) groups is 1. The molecule has 0 bridgehead atoms. The fraction of sp³-hybridized carbons (Fsp3) is 1.00. The van der Waals surface area contributed by atoms with Crippen LogP contribution in [0.5, 0.6) is 0 Å². The van der Waals surface area contributed by atoms with Gasteiger partial charge < -0.3 is 10.2 Å². The molecule has 0 aromatic rings. The average molecular weight is 242 g/mol. The highest BCUT2D eigenvalue weighted by atomic mass is 32.2. The summed E-state index contributed by atoms with van der Waals surface area (Å²) >= 11 is 2.18. The Morgan fingerprint density at radius 3 is 3.06 bits per heavy atom. The molecule has 1 N–H and O–H groups in total. The van der Waals surface area contributed by atoms with Crippen molar-refractivity contribution < 1.29 is 0 Å². The third-order valence-corrected chi connectivity index (χ3v) is 5.30. The van der Waals surface area contributed by atoms with Crippen molar-refractivity contribution in [2.75, 3.05) is 31.9 Å². The van der Waals surface area contributed by atoms with Crippen molar-refractivity contribution in [1.82, 2.24) is 10.2 Å². The lowest BCUT2D eigenvalue weighted by molar-refractivity contribution is 0.195. The van der Waals surface area contributed by atoms with Gasteiger partial charge in [-0.15, -0.1) is 0 Å². The summed E-state index contributed by atoms with van der Waals surface area (Å²) in [6.45, 7) is 9.88. The van der Waals surface area contributed by atoms with Gasteiger partial charge in [-0.05, 0) is 38.6 Å². The highest BCUT2D eigenvalue weighted by molar-refractivity contribution is 8.00. The van der Waals surface area contributed by atoms with Gasteiger partial charge in [-0.2, -0.15) is 11.8 Å². The molecule has 2 saturated heterocycles. The highest BCUT2D eigenvalue weighted by Gasteiger charge is 2.24. The van der Waals surface area contributed by atoms with Crippen LogP contribution in [-0.4, -0.2) is 48.1 Å². The van der Waals surface area contributed by atoms with Crippen LogP contribution in [0.25, 0.3) is 0 Å². The third kappa shape index (κ3) is 3.64. The minimum atomic E-state index is 0.736. The molecule has 16 heavy (non-hydrogen) atoms. The largest absolute Gasteiger partial charge is 0.314 e. The fourth-order valence-electron chi connectivity index (χ4n) is 2.96. The summed E-state index contributed by atoms with van der Waals surface area (Å²) in [5, 5.41) is 4.44. The molecule has 2 heterocycles. The van der Waals surface area contributed by atoms with Crippen LogP contribution in [-0.2, 0) is 0 Å². The van der Waals surface area contributed by atoms with Gasteiger partial charge in [0.25, 0.3) is 0 Å². The molecule has 3 unspecified atom stereocenters. The minimum Gasteiger partial charge on any atom is -0.314 e. The van der Waals surface area contributed by atoms with Crippen molar-refractivity contribution in [2.45, 2.75) is 44.4 Å². The van der Waals surface area contributed by atoms with E-state index >= 15 is 0 Å². The van der Waals surface area contributed by atoms with E-state index in [0.29, 0.717) is 0 Å². The fourth-order valence-corrected chi connectivity index (χ4v) is 4.21. The predicted octanol–water partition coefficient (Wildman–Crippen LogP) is 2.20. The van der Waals surface area contributed by atoms with E-state index in [4.69, 9.17) is 0 Å². The number of rotatable bonds is 3. The molecule has 0 aromatic heterocycles. The second-order valence-corrected chi connectivity index (χ2v) is 6.81. The van der Waals surface area contributed by atoms with Crippen LogP contribution >= 0.6 is 11.8 Å². The molecule has 3 atom stereocenters. The minimum absolute atomic E-state index is 0.736. The molecule has 0 amide bonds. The first kappa shape index (κ1) is 12.7. The normalized spacial score (nSPS) is 37.5. The molecule has 2 rings (SSSR count). The summed E-state index contributed by atoms with van der Waals surface area (Å²) in [4.78, 5) is 2.72. The Kier molecular flexibility index (Phi) is 4.98. The zero-order valence-corrected chi connectivity index (χ0v) is 11.6. The van der Waals surface area contributed by atoms with E-state index in [9.17, 15) is 0 Å². The number of piperidine rings is 1. The van der Waals surface area contributed by atoms with Gasteiger partial charge in [0.2, 0.25) is 0 Å². The van der Waals surface area contributed by atoms with Crippen LogP contribution in [0.2, 0.25) is 0 Å². The van der Waals surface area contributed by atoms with Gasteiger partial charge in [0, 0.05) is 36.7 Å². The lowest BCUT2D eigenvalue weighted by atomic mass is 9.92. The van der Waals surface area contributed by atoms with Crippen molar-refractivity contribution in [1.29, 1.82) is 0 Å². The molecule has 2 fully saturated rings. The van der Waals surface area contributed by atoms with Gasteiger partial charge in [-0.3, -0.25) is 0 Å². The molecule has 0 spiro atoms. The Morgan fingerprint density at radius 2 is 2.31 bits per heavy atom. The van der Waals surface area contributed by atoms with E-state index in [1.165, 1.54) is 51.2 Å². The van der Waals surface area contributed by atoms with E-state index < -0.39 is 0 Å². The first-order valence-electron chi connectivity index (χ1n) is 6.85. The first-order valence-corrected chi connectivity index (χ1v) is 7.90. The van der Waals surface area contributed by atoms with Crippen molar-refractivity contribution >= 4 is 11.8 Å². The van der Waals surface area contributed by atoms with Crippen LogP contribution in [0.15, 0.2) is 0 Å². The number of hydrogen-bond acceptors (Lipinski definition) is 3. The van der Waals surface area contributed by atoms with Crippen LogP contribution in [0.3, 0.4) is 0 Å². The SMILES string of the molecule is CCC1CN(CC2CCNC(C)C2)CCS1. The van der Waals surface area contributed by atoms with Crippen molar-refractivity contribution in [3.63, 3.8) is 0 Å². The van der Waals surface area contributed by atoms with Gasteiger partial charge in [-0.25, -0.2) is 0 Å². The maximum atomic E-state index is 3.55. The number of hydrogen-bond donors (Lipinski definition) is 1. The number of nitrogens with one attached hydrogen (secondary N) is 1. The monoisotopic (exact) mass is 242 g/mol. The van der Waals surface area contributed by atoms with Crippen LogP contribution in [0, 0.1) is 5.92 Å². The maximum absolute atomic E-state index is 3.55. The average Bonchev–Trinajstić information content (AvgIpc) is 2.29. The van der Waals surface area contributed by atoms with E-state index in [0.717, 1.165) is 17.2 Å². The molecule has 0 saturated carbocycles. The van der Waals surface area contributed by atoms with Gasteiger partial charge in [0.05, 0.1) is 0 Å². The van der Waals surface area contributed by atoms with E-state index in [-0.39, 0.29) is 0 Å². The van der Waals surface area contributed by atoms with Gasteiger partial charge >= 0.3 is 0 Å². The van der Waals surface area contributed by atoms with E-state index in [1.54, 1.807) is 0 Å². The van der Waals surface area contributed by atoms with Crippen LogP contribution in [0.4, 0.5) is 0 Å². The molecule has 2 aliphatic heterocycles. The molecule has 2 aliphatic rings. The lowest BCUT2D eigenvalue weighted by Gasteiger charge is -2.36. The Bertz CT molecular complexity index is 210. The quantitative estimate of drug-likeness (QED) is 0.817. The van der Waals surface area contributed by atoms with Crippen molar-refractivity contribution in [3.05, 3.63) is 0 Å². The molecule has 0 aliphatic carbocycles. The maximum Gasteiger partial charge on any atom is 0.0172 e. The first-order chi connectivity index (χ1) is 7.78. The van der Waals surface area contributed by atoms with Gasteiger partial charge in [0.1, 0.15) is 0 Å². The van der Waals surface area contributed by atoms with Crippen LogP contribution < -0.4 is 5.32 Å². The second-order valence-electron chi connectivity index (χ2n) is 5.41. The Labute approximate surface area is 105 Å². The lowest BCUT2D eigenvalue weighted by Crippen LogP contribution is -2.44. The van der Waals surface area contributed by atoms with Crippen LogP contribution in [0.1, 0.15) is 33.1 Å². The molecule has 0 aromatic carbocycles. The summed E-state index contributed by atoms with van der Waals surface area (Å²) < 4.78 is 0. The van der Waals surface area contributed by atoms with Gasteiger partial charge in [0.15, 0.2) is 0 Å². The standard InChI is InChI=1S/C13H26N2S/c1-3-13-10-15(6-7-16-13)9-12-4-5-14-11(2)8-12/h11-14H,3-10H2,1-2H3. The van der Waals surface area contributed by atoms with E-state index in [1.807, 2.05) is 0 Å². The summed E-state index contributed by atoms with van der Waals surface area (Å²) in [5.41, 5.74) is 0. The zero-order chi connectivity index (χ0) is 11.4. The molecular weight excluding hydrogens is 216 g/mol. The topological polar surface area (TPSA) is 15.3 Å². The Balaban J connectivity index is 1.75.